The molecule has 0 fully saturated rings. The minimum atomic E-state index is -0.553. The maximum atomic E-state index is 13.5. The summed E-state index contributed by atoms with van der Waals surface area (Å²) in [6.45, 7) is 2.03. The van der Waals surface area contributed by atoms with Crippen LogP contribution in [0.5, 0.6) is 0 Å². The summed E-state index contributed by atoms with van der Waals surface area (Å²) in [5.74, 6) is -0.786. The van der Waals surface area contributed by atoms with Crippen LogP contribution < -0.4 is 16.0 Å². The molecule has 4 aromatic carbocycles. The summed E-state index contributed by atoms with van der Waals surface area (Å²) in [6.07, 6.45) is 0. The molecule has 0 aromatic heterocycles. The zero-order valence-electron chi connectivity index (χ0n) is 19.3. The van der Waals surface area contributed by atoms with E-state index in [-0.39, 0.29) is 10.9 Å². The Hall–Kier alpha value is -3.39. The number of amides is 1. The smallest absolute Gasteiger partial charge is 0.242 e. The molecule has 1 amide bonds. The van der Waals surface area contributed by atoms with Crippen LogP contribution >= 0.6 is 35.6 Å². The van der Waals surface area contributed by atoms with Crippen molar-refractivity contribution >= 4 is 63.7 Å². The third-order valence-corrected chi connectivity index (χ3v) is 6.92. The lowest BCUT2D eigenvalue weighted by Crippen LogP contribution is -2.19. The van der Waals surface area contributed by atoms with Crippen molar-refractivity contribution in [2.24, 2.45) is 0 Å². The maximum absolute atomic E-state index is 13.5. The number of aryl methyl sites for hydroxylation is 1. The standard InChI is InChI=1S/C28H23ClFN3OS2/c1-18-10-12-20(13-11-18)32-28(35)33-21-8-5-9-23(16-21)36-26(19-6-3-2-4-7-19)27(34)31-22-14-15-25(30)24(29)17-22/h2-17,26H,1H3,(H,31,34)(H2,32,33,35). The number of thiocarbonyl (C=S) groups is 1. The van der Waals surface area contributed by atoms with Gasteiger partial charge in [-0.05, 0) is 73.2 Å². The highest BCUT2D eigenvalue weighted by atomic mass is 35.5. The lowest BCUT2D eigenvalue weighted by molar-refractivity contribution is -0.115. The Bertz CT molecular complexity index is 1370. The van der Waals surface area contributed by atoms with E-state index in [1.165, 1.54) is 35.5 Å². The van der Waals surface area contributed by atoms with Gasteiger partial charge >= 0.3 is 0 Å². The number of hydrogen-bond acceptors (Lipinski definition) is 3. The highest BCUT2D eigenvalue weighted by Gasteiger charge is 2.22. The van der Waals surface area contributed by atoms with Gasteiger partial charge < -0.3 is 16.0 Å². The fourth-order valence-electron chi connectivity index (χ4n) is 3.40. The molecule has 1 unspecified atom stereocenters. The molecule has 0 bridgehead atoms. The largest absolute Gasteiger partial charge is 0.332 e. The van der Waals surface area contributed by atoms with Gasteiger partial charge in [0.2, 0.25) is 5.91 Å². The fourth-order valence-corrected chi connectivity index (χ4v) is 4.90. The van der Waals surface area contributed by atoms with Gasteiger partial charge in [0.1, 0.15) is 11.1 Å². The Morgan fingerprint density at radius 1 is 0.833 bits per heavy atom. The Labute approximate surface area is 224 Å². The number of carbonyl (C=O) groups excluding carboxylic acids is 1. The zero-order chi connectivity index (χ0) is 25.5. The number of hydrogen-bond donors (Lipinski definition) is 3. The molecular weight excluding hydrogens is 513 g/mol. The van der Waals surface area contributed by atoms with Crippen LogP contribution in [0.4, 0.5) is 21.5 Å². The van der Waals surface area contributed by atoms with Gasteiger partial charge in [0.15, 0.2) is 5.11 Å². The first kappa shape index (κ1) is 25.7. The fraction of sp³-hybridized carbons (Fsp3) is 0.0714. The first-order chi connectivity index (χ1) is 17.4. The molecule has 4 nitrogen and oxygen atoms in total. The molecule has 0 radical (unpaired) electrons. The normalized spacial score (nSPS) is 11.4. The number of thioether (sulfide) groups is 1. The van der Waals surface area contributed by atoms with E-state index >= 15 is 0 Å². The van der Waals surface area contributed by atoms with E-state index in [0.29, 0.717) is 10.8 Å². The summed E-state index contributed by atoms with van der Waals surface area (Å²) in [7, 11) is 0. The number of benzene rings is 4. The molecule has 4 rings (SSSR count). The molecule has 4 aromatic rings. The van der Waals surface area contributed by atoms with Crippen LogP contribution in [0.1, 0.15) is 16.4 Å². The van der Waals surface area contributed by atoms with Crippen molar-refractivity contribution in [2.75, 3.05) is 16.0 Å². The second-order valence-electron chi connectivity index (χ2n) is 8.00. The monoisotopic (exact) mass is 535 g/mol. The Kier molecular flexibility index (Phi) is 8.59. The van der Waals surface area contributed by atoms with Crippen molar-refractivity contribution in [3.05, 3.63) is 119 Å². The average molecular weight is 536 g/mol. The Morgan fingerprint density at radius 2 is 1.50 bits per heavy atom. The number of nitrogens with one attached hydrogen (secondary N) is 3. The van der Waals surface area contributed by atoms with Crippen LogP contribution in [0.2, 0.25) is 5.02 Å². The molecule has 0 saturated heterocycles. The van der Waals surface area contributed by atoms with Crippen molar-refractivity contribution in [1.82, 2.24) is 0 Å². The Balaban J connectivity index is 1.49. The van der Waals surface area contributed by atoms with Crippen LogP contribution in [0.25, 0.3) is 0 Å². The molecule has 0 aliphatic carbocycles. The van der Waals surface area contributed by atoms with Crippen LogP contribution in [0.15, 0.2) is 102 Å². The van der Waals surface area contributed by atoms with Crippen molar-refractivity contribution < 1.29 is 9.18 Å². The van der Waals surface area contributed by atoms with Crippen LogP contribution in [-0.4, -0.2) is 11.0 Å². The van der Waals surface area contributed by atoms with Crippen LogP contribution in [-0.2, 0) is 4.79 Å². The first-order valence-corrected chi connectivity index (χ1v) is 12.8. The summed E-state index contributed by atoms with van der Waals surface area (Å²) < 4.78 is 13.5. The number of rotatable bonds is 7. The molecule has 0 heterocycles. The van der Waals surface area contributed by atoms with Gasteiger partial charge in [0.25, 0.3) is 0 Å². The topological polar surface area (TPSA) is 53.2 Å². The number of carbonyl (C=O) groups is 1. The number of halogens is 2. The lowest BCUT2D eigenvalue weighted by Gasteiger charge is -2.18. The van der Waals surface area contributed by atoms with Gasteiger partial charge in [-0.15, -0.1) is 11.8 Å². The average Bonchev–Trinajstić information content (AvgIpc) is 2.87. The van der Waals surface area contributed by atoms with E-state index in [4.69, 9.17) is 23.8 Å². The highest BCUT2D eigenvalue weighted by molar-refractivity contribution is 8.00. The third-order valence-electron chi connectivity index (χ3n) is 5.18. The lowest BCUT2D eigenvalue weighted by atomic mass is 10.1. The van der Waals surface area contributed by atoms with Crippen LogP contribution in [0, 0.1) is 12.7 Å². The van der Waals surface area contributed by atoms with Gasteiger partial charge in [-0.2, -0.15) is 0 Å². The van der Waals surface area contributed by atoms with E-state index in [9.17, 15) is 9.18 Å². The summed E-state index contributed by atoms with van der Waals surface area (Å²) in [6, 6.07) is 29.2. The summed E-state index contributed by atoms with van der Waals surface area (Å²) in [5.41, 5.74) is 4.12. The van der Waals surface area contributed by atoms with Crippen molar-refractivity contribution in [3.8, 4) is 0 Å². The van der Waals surface area contributed by atoms with E-state index < -0.39 is 11.1 Å². The predicted octanol–water partition coefficient (Wildman–Crippen LogP) is 8.07. The summed E-state index contributed by atoms with van der Waals surface area (Å²) >= 11 is 12.7. The van der Waals surface area contributed by atoms with Crippen molar-refractivity contribution in [3.63, 3.8) is 0 Å². The third kappa shape index (κ3) is 7.07. The predicted molar refractivity (Wildman–Crippen MR) is 153 cm³/mol. The van der Waals surface area contributed by atoms with E-state index in [1.807, 2.05) is 85.8 Å². The van der Waals surface area contributed by atoms with E-state index in [0.717, 1.165) is 21.8 Å². The molecule has 8 heteroatoms. The summed E-state index contributed by atoms with van der Waals surface area (Å²) in [4.78, 5) is 14.2. The summed E-state index contributed by atoms with van der Waals surface area (Å²) in [5, 5.41) is 9.08. The highest BCUT2D eigenvalue weighted by Crippen LogP contribution is 2.37. The van der Waals surface area contributed by atoms with Crippen molar-refractivity contribution in [2.45, 2.75) is 17.1 Å². The van der Waals surface area contributed by atoms with Gasteiger partial charge in [-0.25, -0.2) is 4.39 Å². The zero-order valence-corrected chi connectivity index (χ0v) is 21.7. The molecule has 0 saturated carbocycles. The second kappa shape index (κ2) is 12.0. The molecule has 0 aliphatic rings. The van der Waals surface area contributed by atoms with Gasteiger partial charge in [-0.1, -0.05) is 65.7 Å². The second-order valence-corrected chi connectivity index (χ2v) is 9.99. The minimum absolute atomic E-state index is 0.0503. The maximum Gasteiger partial charge on any atom is 0.242 e. The molecule has 3 N–H and O–H groups in total. The molecule has 36 heavy (non-hydrogen) atoms. The molecule has 0 spiro atoms. The quantitative estimate of drug-likeness (QED) is 0.165. The minimum Gasteiger partial charge on any atom is -0.332 e. The van der Waals surface area contributed by atoms with Gasteiger partial charge in [0, 0.05) is 22.0 Å². The molecule has 0 aliphatic heterocycles. The number of anilines is 3. The molecule has 182 valence electrons. The SMILES string of the molecule is Cc1ccc(NC(=S)Nc2cccc(SC(C(=O)Nc3ccc(F)c(Cl)c3)c3ccccc3)c2)cc1. The van der Waals surface area contributed by atoms with Gasteiger partial charge in [-0.3, -0.25) is 4.79 Å². The van der Waals surface area contributed by atoms with E-state index in [1.54, 1.807) is 0 Å². The Morgan fingerprint density at radius 3 is 2.22 bits per heavy atom. The van der Waals surface area contributed by atoms with Gasteiger partial charge in [0.05, 0.1) is 5.02 Å². The van der Waals surface area contributed by atoms with Crippen LogP contribution in [0.3, 0.4) is 0 Å². The first-order valence-electron chi connectivity index (χ1n) is 11.1. The van der Waals surface area contributed by atoms with E-state index in [2.05, 4.69) is 16.0 Å². The molecule has 1 atom stereocenters. The molecular formula is C28H23ClFN3OS2. The van der Waals surface area contributed by atoms with Crippen molar-refractivity contribution in [1.29, 1.82) is 0 Å².